The van der Waals surface area contributed by atoms with E-state index in [9.17, 15) is 0 Å². The molecule has 1 aliphatic heterocycles. The minimum atomic E-state index is 0.696. The molecule has 33 heavy (non-hydrogen) atoms. The van der Waals surface area contributed by atoms with E-state index in [0.29, 0.717) is 5.75 Å². The topological polar surface area (TPSA) is 98.9 Å². The van der Waals surface area contributed by atoms with E-state index in [4.69, 9.17) is 14.7 Å². The van der Waals surface area contributed by atoms with Crippen molar-refractivity contribution >= 4 is 27.8 Å². The molecule has 1 aliphatic rings. The second-order valence-electron chi connectivity index (χ2n) is 8.35. The van der Waals surface area contributed by atoms with Gasteiger partial charge < -0.3 is 19.5 Å². The highest BCUT2D eigenvalue weighted by Crippen LogP contribution is 2.33. The molecule has 0 radical (unpaired) electrons. The Kier molecular flexibility index (Phi) is 4.69. The van der Waals surface area contributed by atoms with E-state index in [0.717, 1.165) is 76.6 Å². The summed E-state index contributed by atoms with van der Waals surface area (Å²) in [4.78, 5) is 22.1. The second kappa shape index (κ2) is 7.86. The summed E-state index contributed by atoms with van der Waals surface area (Å²) in [6, 6.07) is 10.0. The van der Waals surface area contributed by atoms with E-state index < -0.39 is 0 Å². The third kappa shape index (κ3) is 3.46. The van der Waals surface area contributed by atoms with Crippen LogP contribution >= 0.6 is 0 Å². The number of rotatable bonds is 4. The number of hydrogen-bond donors (Lipinski definition) is 2. The zero-order valence-electron chi connectivity index (χ0n) is 18.5. The van der Waals surface area contributed by atoms with Crippen LogP contribution in [0.25, 0.3) is 44.6 Å². The summed E-state index contributed by atoms with van der Waals surface area (Å²) in [7, 11) is 3.79. The molecule has 0 bridgehead atoms. The molecule has 1 saturated heterocycles. The number of likely N-dealkylation sites (N-methyl/N-ethyl adjacent to an activating group) is 1. The van der Waals surface area contributed by atoms with Crippen molar-refractivity contribution in [3.8, 4) is 28.4 Å². The average Bonchev–Trinajstić information content (AvgIpc) is 3.48. The van der Waals surface area contributed by atoms with Gasteiger partial charge in [-0.25, -0.2) is 9.97 Å². The van der Waals surface area contributed by atoms with Gasteiger partial charge in [0.05, 0.1) is 35.7 Å². The van der Waals surface area contributed by atoms with E-state index in [2.05, 4.69) is 43.1 Å². The highest BCUT2D eigenvalue weighted by atomic mass is 16.5. The number of anilines is 1. The number of nitrogens with zero attached hydrogens (tertiary/aromatic N) is 6. The molecule has 5 aromatic rings. The molecule has 0 spiro atoms. The lowest BCUT2D eigenvalue weighted by atomic mass is 10.1. The number of fused-ring (bicyclic) bond motifs is 2. The third-order valence-electron chi connectivity index (χ3n) is 6.24. The lowest BCUT2D eigenvalue weighted by Gasteiger charge is -2.33. The Morgan fingerprint density at radius 1 is 1.00 bits per heavy atom. The van der Waals surface area contributed by atoms with Gasteiger partial charge in [-0.3, -0.25) is 10.1 Å². The van der Waals surface area contributed by atoms with Gasteiger partial charge in [0.25, 0.3) is 0 Å². The van der Waals surface area contributed by atoms with E-state index >= 15 is 0 Å². The van der Waals surface area contributed by atoms with Gasteiger partial charge >= 0.3 is 0 Å². The maximum absolute atomic E-state index is 5.32. The molecule has 0 aromatic carbocycles. The first-order chi connectivity index (χ1) is 16.2. The first kappa shape index (κ1) is 19.7. The lowest BCUT2D eigenvalue weighted by molar-refractivity contribution is 0.312. The monoisotopic (exact) mass is 440 g/mol. The zero-order chi connectivity index (χ0) is 22.4. The van der Waals surface area contributed by atoms with Crippen LogP contribution in [-0.4, -0.2) is 75.4 Å². The van der Waals surface area contributed by atoms with E-state index in [1.165, 1.54) is 0 Å². The number of aromatic amines is 2. The Bertz CT molecular complexity index is 1450. The molecular weight excluding hydrogens is 416 g/mol. The smallest absolute Gasteiger partial charge is 0.138 e. The van der Waals surface area contributed by atoms with Gasteiger partial charge in [0.15, 0.2) is 0 Å². The van der Waals surface area contributed by atoms with Gasteiger partial charge in [0, 0.05) is 49.5 Å². The Hall–Kier alpha value is -3.98. The number of ether oxygens (including phenoxy) is 1. The summed E-state index contributed by atoms with van der Waals surface area (Å²) in [5.41, 5.74) is 6.11. The molecule has 0 amide bonds. The van der Waals surface area contributed by atoms with Gasteiger partial charge in [-0.1, -0.05) is 0 Å². The number of aromatic nitrogens is 6. The van der Waals surface area contributed by atoms with Crippen LogP contribution in [0, 0.1) is 0 Å². The van der Waals surface area contributed by atoms with Crippen LogP contribution in [0.1, 0.15) is 0 Å². The van der Waals surface area contributed by atoms with Crippen LogP contribution in [0.2, 0.25) is 0 Å². The standard InChI is InChI=1S/C24H24N8O/c1-31-7-9-32(10-8-31)24-17-12-21(27-19(17)5-6-26-24)23-22-20(29-30-23)4-3-18(28-22)15-11-16(33-2)14-25-13-15/h3-6,11-14,27H,7-10H2,1-2H3,(H,29,30). The molecule has 9 nitrogen and oxygen atoms in total. The fourth-order valence-electron chi connectivity index (χ4n) is 4.35. The number of H-pyrrole nitrogens is 2. The minimum absolute atomic E-state index is 0.696. The molecule has 1 fully saturated rings. The van der Waals surface area contributed by atoms with Crippen molar-refractivity contribution in [1.82, 2.24) is 35.0 Å². The Labute approximate surface area is 190 Å². The van der Waals surface area contributed by atoms with Crippen molar-refractivity contribution < 1.29 is 4.74 Å². The van der Waals surface area contributed by atoms with E-state index in [-0.39, 0.29) is 0 Å². The molecule has 0 saturated carbocycles. The average molecular weight is 441 g/mol. The fourth-order valence-corrected chi connectivity index (χ4v) is 4.35. The molecule has 6 rings (SSSR count). The first-order valence-corrected chi connectivity index (χ1v) is 11.0. The molecule has 2 N–H and O–H groups in total. The number of methoxy groups -OCH3 is 1. The maximum atomic E-state index is 5.32. The molecule has 9 heteroatoms. The van der Waals surface area contributed by atoms with Gasteiger partial charge in [-0.2, -0.15) is 5.10 Å². The lowest BCUT2D eigenvalue weighted by Crippen LogP contribution is -2.44. The molecule has 5 aromatic heterocycles. The third-order valence-corrected chi connectivity index (χ3v) is 6.24. The van der Waals surface area contributed by atoms with Gasteiger partial charge in [0.1, 0.15) is 22.8 Å². The van der Waals surface area contributed by atoms with Crippen molar-refractivity contribution in [2.75, 3.05) is 45.2 Å². The Balaban J connectivity index is 1.43. The Morgan fingerprint density at radius 2 is 1.88 bits per heavy atom. The quantitative estimate of drug-likeness (QED) is 0.442. The van der Waals surface area contributed by atoms with Crippen molar-refractivity contribution in [2.24, 2.45) is 0 Å². The maximum Gasteiger partial charge on any atom is 0.138 e. The highest BCUT2D eigenvalue weighted by molar-refractivity contribution is 5.98. The van der Waals surface area contributed by atoms with Crippen molar-refractivity contribution in [3.05, 3.63) is 48.9 Å². The SMILES string of the molecule is COc1cncc(-c2ccc3[nH]nc(-c4cc5c(N6CCN(C)CC6)nccc5[nH]4)c3n2)c1. The van der Waals surface area contributed by atoms with Crippen LogP contribution in [0.15, 0.2) is 48.9 Å². The second-order valence-corrected chi connectivity index (χ2v) is 8.35. The number of piperazine rings is 1. The van der Waals surface area contributed by atoms with Crippen molar-refractivity contribution in [1.29, 1.82) is 0 Å². The minimum Gasteiger partial charge on any atom is -0.495 e. The summed E-state index contributed by atoms with van der Waals surface area (Å²) < 4.78 is 5.32. The molecule has 6 heterocycles. The van der Waals surface area contributed by atoms with E-state index in [1.54, 1.807) is 19.5 Å². The van der Waals surface area contributed by atoms with Crippen LogP contribution in [0.3, 0.4) is 0 Å². The van der Waals surface area contributed by atoms with Crippen molar-refractivity contribution in [3.63, 3.8) is 0 Å². The predicted octanol–water partition coefficient (Wildman–Crippen LogP) is 3.32. The number of pyridine rings is 3. The summed E-state index contributed by atoms with van der Waals surface area (Å²) in [6.07, 6.45) is 5.33. The number of nitrogens with one attached hydrogen (secondary N) is 2. The predicted molar refractivity (Wildman–Crippen MR) is 128 cm³/mol. The zero-order valence-corrected chi connectivity index (χ0v) is 18.5. The van der Waals surface area contributed by atoms with Crippen LogP contribution in [-0.2, 0) is 0 Å². The largest absolute Gasteiger partial charge is 0.495 e. The highest BCUT2D eigenvalue weighted by Gasteiger charge is 2.20. The van der Waals surface area contributed by atoms with Gasteiger partial charge in [0.2, 0.25) is 0 Å². The van der Waals surface area contributed by atoms with Gasteiger partial charge in [-0.05, 0) is 37.4 Å². The molecule has 0 aliphatic carbocycles. The van der Waals surface area contributed by atoms with Gasteiger partial charge in [-0.15, -0.1) is 0 Å². The van der Waals surface area contributed by atoms with Crippen molar-refractivity contribution in [2.45, 2.75) is 0 Å². The number of hydrogen-bond acceptors (Lipinski definition) is 7. The first-order valence-electron chi connectivity index (χ1n) is 11.0. The van der Waals surface area contributed by atoms with E-state index in [1.807, 2.05) is 30.5 Å². The summed E-state index contributed by atoms with van der Waals surface area (Å²) in [5.74, 6) is 1.71. The summed E-state index contributed by atoms with van der Waals surface area (Å²) >= 11 is 0. The molecule has 0 atom stereocenters. The molecule has 166 valence electrons. The summed E-state index contributed by atoms with van der Waals surface area (Å²) in [6.45, 7) is 4.00. The van der Waals surface area contributed by atoms with Crippen LogP contribution in [0.5, 0.6) is 5.75 Å². The molecule has 0 unspecified atom stereocenters. The summed E-state index contributed by atoms with van der Waals surface area (Å²) in [5, 5.41) is 8.79. The molecular formula is C24H24N8O. The fraction of sp³-hybridized carbons (Fsp3) is 0.250. The normalized spacial score (nSPS) is 14.9. The van der Waals surface area contributed by atoms with Crippen LogP contribution < -0.4 is 9.64 Å². The Morgan fingerprint density at radius 3 is 2.73 bits per heavy atom. The van der Waals surface area contributed by atoms with Crippen LogP contribution in [0.4, 0.5) is 5.82 Å².